The molecule has 0 saturated heterocycles. The predicted octanol–water partition coefficient (Wildman–Crippen LogP) is 3.51. The molecule has 0 aliphatic rings. The van der Waals surface area contributed by atoms with Crippen LogP contribution in [-0.2, 0) is 6.54 Å². The normalized spacial score (nSPS) is 11.5. The molecule has 2 rings (SSSR count). The summed E-state index contributed by atoms with van der Waals surface area (Å²) in [5.74, 6) is 0.516. The van der Waals surface area contributed by atoms with E-state index in [1.165, 1.54) is 0 Å². The Morgan fingerprint density at radius 1 is 1.24 bits per heavy atom. The summed E-state index contributed by atoms with van der Waals surface area (Å²) < 4.78 is 5.55. The Morgan fingerprint density at radius 2 is 2.00 bits per heavy atom. The maximum absolute atomic E-state index is 5.86. The molecule has 1 N–H and O–H groups in total. The van der Waals surface area contributed by atoms with E-state index in [9.17, 15) is 0 Å². The van der Waals surface area contributed by atoms with Gasteiger partial charge < -0.3 is 10.1 Å². The lowest BCUT2D eigenvalue weighted by Crippen LogP contribution is -2.35. The van der Waals surface area contributed by atoms with Crippen LogP contribution in [0.2, 0.25) is 5.02 Å². The second-order valence-corrected chi connectivity index (χ2v) is 6.24. The van der Waals surface area contributed by atoms with Crippen molar-refractivity contribution >= 4 is 11.6 Å². The first-order valence-corrected chi connectivity index (χ1v) is 7.07. The molecule has 2 heterocycles. The van der Waals surface area contributed by atoms with Crippen LogP contribution in [-0.4, -0.2) is 20.5 Å². The first-order valence-electron chi connectivity index (χ1n) is 6.69. The van der Waals surface area contributed by atoms with Crippen molar-refractivity contribution in [2.24, 2.45) is 0 Å². The summed E-state index contributed by atoms with van der Waals surface area (Å²) in [5, 5.41) is 3.92. The van der Waals surface area contributed by atoms with E-state index in [2.05, 4.69) is 41.0 Å². The molecule has 0 aliphatic heterocycles. The third-order valence-corrected chi connectivity index (χ3v) is 2.96. The van der Waals surface area contributed by atoms with Crippen molar-refractivity contribution in [1.29, 1.82) is 0 Å². The number of nitrogens with zero attached hydrogens (tertiary/aromatic N) is 3. The average Bonchev–Trinajstić information content (AvgIpc) is 2.36. The van der Waals surface area contributed by atoms with Gasteiger partial charge in [-0.15, -0.1) is 0 Å². The fourth-order valence-electron chi connectivity index (χ4n) is 1.61. The summed E-state index contributed by atoms with van der Waals surface area (Å²) in [5.41, 5.74) is 1.97. The lowest BCUT2D eigenvalue weighted by molar-refractivity contribution is 0.418. The largest absolute Gasteiger partial charge is 0.423 e. The topological polar surface area (TPSA) is 59.9 Å². The molecule has 0 spiro atoms. The number of halogens is 1. The summed E-state index contributed by atoms with van der Waals surface area (Å²) in [4.78, 5) is 12.5. The lowest BCUT2D eigenvalue weighted by atomic mass is 10.1. The zero-order chi connectivity index (χ0) is 15.5. The third kappa shape index (κ3) is 4.95. The van der Waals surface area contributed by atoms with Crippen molar-refractivity contribution in [3.8, 4) is 11.8 Å². The molecule has 5 nitrogen and oxygen atoms in total. The van der Waals surface area contributed by atoms with Crippen molar-refractivity contribution in [3.05, 3.63) is 40.9 Å². The van der Waals surface area contributed by atoms with Crippen molar-refractivity contribution in [1.82, 2.24) is 20.3 Å². The second-order valence-electron chi connectivity index (χ2n) is 5.81. The van der Waals surface area contributed by atoms with Gasteiger partial charge in [0, 0.05) is 41.8 Å². The highest BCUT2D eigenvalue weighted by Gasteiger charge is 2.11. The SMILES string of the molecule is Cc1nc(Oc2cncc(Cl)c2)ncc1CNC(C)(C)C. The summed E-state index contributed by atoms with van der Waals surface area (Å²) in [7, 11) is 0. The summed E-state index contributed by atoms with van der Waals surface area (Å²) in [6.45, 7) is 9.01. The van der Waals surface area contributed by atoms with Crippen LogP contribution in [0.15, 0.2) is 24.7 Å². The van der Waals surface area contributed by atoms with Crippen molar-refractivity contribution < 1.29 is 4.74 Å². The maximum Gasteiger partial charge on any atom is 0.322 e. The highest BCUT2D eigenvalue weighted by atomic mass is 35.5. The number of aryl methyl sites for hydroxylation is 1. The number of pyridine rings is 1. The van der Waals surface area contributed by atoms with E-state index in [0.717, 1.165) is 11.3 Å². The molecule has 0 unspecified atom stereocenters. The molecule has 0 amide bonds. The Balaban J connectivity index is 2.08. The van der Waals surface area contributed by atoms with Gasteiger partial charge in [0.15, 0.2) is 5.75 Å². The minimum absolute atomic E-state index is 0.0497. The van der Waals surface area contributed by atoms with Crippen LogP contribution in [0.4, 0.5) is 0 Å². The zero-order valence-electron chi connectivity index (χ0n) is 12.6. The van der Waals surface area contributed by atoms with Crippen LogP contribution in [0.1, 0.15) is 32.0 Å². The smallest absolute Gasteiger partial charge is 0.322 e. The zero-order valence-corrected chi connectivity index (χ0v) is 13.4. The Morgan fingerprint density at radius 3 is 2.62 bits per heavy atom. The quantitative estimate of drug-likeness (QED) is 0.936. The van der Waals surface area contributed by atoms with E-state index in [1.54, 1.807) is 24.7 Å². The first kappa shape index (κ1) is 15.7. The van der Waals surface area contributed by atoms with Gasteiger partial charge in [-0.1, -0.05) is 11.6 Å². The fraction of sp³-hybridized carbons (Fsp3) is 0.400. The monoisotopic (exact) mass is 306 g/mol. The van der Waals surface area contributed by atoms with Gasteiger partial charge in [-0.3, -0.25) is 4.98 Å². The number of rotatable bonds is 4. The van der Waals surface area contributed by atoms with Crippen LogP contribution >= 0.6 is 11.6 Å². The van der Waals surface area contributed by atoms with Crippen LogP contribution in [0.25, 0.3) is 0 Å². The van der Waals surface area contributed by atoms with E-state index in [4.69, 9.17) is 16.3 Å². The van der Waals surface area contributed by atoms with Gasteiger partial charge in [-0.05, 0) is 27.7 Å². The van der Waals surface area contributed by atoms with Crippen molar-refractivity contribution in [2.75, 3.05) is 0 Å². The van der Waals surface area contributed by atoms with E-state index < -0.39 is 0 Å². The number of nitrogens with one attached hydrogen (secondary N) is 1. The highest BCUT2D eigenvalue weighted by molar-refractivity contribution is 6.30. The Bertz CT molecular complexity index is 625. The van der Waals surface area contributed by atoms with Crippen LogP contribution in [0.3, 0.4) is 0 Å². The maximum atomic E-state index is 5.86. The first-order chi connectivity index (χ1) is 9.83. The molecule has 0 saturated carbocycles. The van der Waals surface area contributed by atoms with Gasteiger partial charge >= 0.3 is 6.01 Å². The lowest BCUT2D eigenvalue weighted by Gasteiger charge is -2.20. The minimum Gasteiger partial charge on any atom is -0.423 e. The number of hydrogen-bond acceptors (Lipinski definition) is 5. The molecule has 112 valence electrons. The highest BCUT2D eigenvalue weighted by Crippen LogP contribution is 2.20. The summed E-state index contributed by atoms with van der Waals surface area (Å²) in [6, 6.07) is 1.96. The summed E-state index contributed by atoms with van der Waals surface area (Å²) in [6.07, 6.45) is 4.88. The molecule has 21 heavy (non-hydrogen) atoms. The molecule has 6 heteroatoms. The fourth-order valence-corrected chi connectivity index (χ4v) is 1.77. The summed E-state index contributed by atoms with van der Waals surface area (Å²) >= 11 is 5.86. The van der Waals surface area contributed by atoms with E-state index >= 15 is 0 Å². The molecule has 0 atom stereocenters. The second kappa shape index (κ2) is 6.37. The van der Waals surface area contributed by atoms with Crippen molar-refractivity contribution in [3.63, 3.8) is 0 Å². The average molecular weight is 307 g/mol. The molecule has 0 bridgehead atoms. The standard InChI is InChI=1S/C15H19ClN4O/c1-10-11(7-19-15(2,3)4)6-18-14(20-10)21-13-5-12(16)8-17-9-13/h5-6,8-9,19H,7H2,1-4H3. The predicted molar refractivity (Wildman–Crippen MR) is 82.7 cm³/mol. The van der Waals surface area contributed by atoms with E-state index in [-0.39, 0.29) is 11.5 Å². The van der Waals surface area contributed by atoms with Gasteiger partial charge in [0.2, 0.25) is 0 Å². The van der Waals surface area contributed by atoms with Crippen LogP contribution in [0, 0.1) is 6.92 Å². The molecule has 2 aromatic heterocycles. The van der Waals surface area contributed by atoms with Gasteiger partial charge in [-0.2, -0.15) is 4.98 Å². The molecule has 0 aromatic carbocycles. The molecule has 0 aliphatic carbocycles. The number of aromatic nitrogens is 3. The number of ether oxygens (including phenoxy) is 1. The molecule has 0 fully saturated rings. The minimum atomic E-state index is 0.0497. The molecular formula is C15H19ClN4O. The van der Waals surface area contributed by atoms with Gasteiger partial charge in [0.1, 0.15) is 0 Å². The Kier molecular flexibility index (Phi) is 4.75. The Hall–Kier alpha value is -1.72. The molecule has 0 radical (unpaired) electrons. The third-order valence-electron chi connectivity index (χ3n) is 2.76. The van der Waals surface area contributed by atoms with E-state index in [1.807, 2.05) is 6.92 Å². The van der Waals surface area contributed by atoms with Crippen LogP contribution in [0.5, 0.6) is 11.8 Å². The molecule has 2 aromatic rings. The van der Waals surface area contributed by atoms with Gasteiger partial charge in [0.25, 0.3) is 0 Å². The number of hydrogen-bond donors (Lipinski definition) is 1. The van der Waals surface area contributed by atoms with E-state index in [0.29, 0.717) is 17.3 Å². The molecular weight excluding hydrogens is 288 g/mol. The van der Waals surface area contributed by atoms with Crippen molar-refractivity contribution in [2.45, 2.75) is 39.8 Å². The van der Waals surface area contributed by atoms with Gasteiger partial charge in [0.05, 0.1) is 11.2 Å². The van der Waals surface area contributed by atoms with Crippen LogP contribution < -0.4 is 10.1 Å². The Labute approximate surface area is 129 Å². The van der Waals surface area contributed by atoms with Gasteiger partial charge in [-0.25, -0.2) is 4.98 Å².